The number of benzene rings is 2. The monoisotopic (exact) mass is 430 g/mol. The quantitative estimate of drug-likeness (QED) is 0.555. The van der Waals surface area contributed by atoms with Gasteiger partial charge in [-0.15, -0.1) is 0 Å². The molecule has 32 heavy (non-hydrogen) atoms. The lowest BCUT2D eigenvalue weighted by Crippen LogP contribution is -2.50. The van der Waals surface area contributed by atoms with Crippen LogP contribution in [0.5, 0.6) is 11.5 Å². The van der Waals surface area contributed by atoms with Crippen molar-refractivity contribution in [2.75, 3.05) is 9.80 Å². The van der Waals surface area contributed by atoms with E-state index in [1.807, 2.05) is 0 Å². The highest BCUT2D eigenvalue weighted by atomic mass is 16.3. The van der Waals surface area contributed by atoms with E-state index in [2.05, 4.69) is 0 Å². The first-order valence-electron chi connectivity index (χ1n) is 10.4. The summed E-state index contributed by atoms with van der Waals surface area (Å²) in [4.78, 5) is 55.6. The number of allylic oxidation sites excluding steroid dienone is 2. The average molecular weight is 430 g/mol. The second-order valence-electron chi connectivity index (χ2n) is 8.71. The molecule has 2 aliphatic heterocycles. The van der Waals surface area contributed by atoms with E-state index in [1.54, 1.807) is 36.4 Å². The fraction of sp³-hybridized carbons (Fsp3) is 0.250. The van der Waals surface area contributed by atoms with E-state index in [0.717, 1.165) is 9.80 Å². The Hall–Kier alpha value is -3.94. The van der Waals surface area contributed by atoms with Gasteiger partial charge in [-0.2, -0.15) is 0 Å². The van der Waals surface area contributed by atoms with Crippen LogP contribution in [0.1, 0.15) is 0 Å². The SMILES string of the molecule is O=C1[C@@H]2C3C=CC([C@H]4C(=O)N(c5cccc(O)c5)C(=O)[C@@H]34)[C@@H]2C(=O)N1c1cccc(O)c1. The Balaban J connectivity index is 1.41. The van der Waals surface area contributed by atoms with Crippen LogP contribution in [0.3, 0.4) is 0 Å². The van der Waals surface area contributed by atoms with Gasteiger partial charge in [0.1, 0.15) is 11.5 Å². The summed E-state index contributed by atoms with van der Waals surface area (Å²) in [6.45, 7) is 0. The molecular formula is C24H18N2O6. The molecule has 6 atom stereocenters. The van der Waals surface area contributed by atoms with Gasteiger partial charge in [0, 0.05) is 24.0 Å². The van der Waals surface area contributed by atoms with Gasteiger partial charge in [-0.1, -0.05) is 24.3 Å². The lowest BCUT2D eigenvalue weighted by Gasteiger charge is -2.44. The second kappa shape index (κ2) is 6.29. The Kier molecular flexibility index (Phi) is 3.69. The van der Waals surface area contributed by atoms with Crippen LogP contribution < -0.4 is 9.80 Å². The van der Waals surface area contributed by atoms with Gasteiger partial charge < -0.3 is 10.2 Å². The highest BCUT2D eigenvalue weighted by Gasteiger charge is 2.68. The first-order chi connectivity index (χ1) is 15.4. The molecule has 5 aliphatic rings. The van der Waals surface area contributed by atoms with Gasteiger partial charge in [-0.3, -0.25) is 19.2 Å². The van der Waals surface area contributed by atoms with Gasteiger partial charge in [0.25, 0.3) is 0 Å². The number of amides is 4. The van der Waals surface area contributed by atoms with Crippen molar-refractivity contribution in [1.29, 1.82) is 0 Å². The Morgan fingerprint density at radius 3 is 1.22 bits per heavy atom. The number of imide groups is 2. The number of anilines is 2. The maximum absolute atomic E-state index is 13.4. The van der Waals surface area contributed by atoms with Crippen LogP contribution in [-0.4, -0.2) is 33.8 Å². The molecule has 160 valence electrons. The van der Waals surface area contributed by atoms with E-state index in [0.29, 0.717) is 0 Å². The van der Waals surface area contributed by atoms with Crippen LogP contribution >= 0.6 is 0 Å². The summed E-state index contributed by atoms with van der Waals surface area (Å²) < 4.78 is 0. The number of hydrogen-bond acceptors (Lipinski definition) is 6. The first kappa shape index (κ1) is 18.8. The zero-order chi connectivity index (χ0) is 22.3. The molecule has 2 unspecified atom stereocenters. The molecule has 0 aromatic heterocycles. The topological polar surface area (TPSA) is 115 Å². The molecule has 3 aliphatic carbocycles. The summed E-state index contributed by atoms with van der Waals surface area (Å²) in [5, 5.41) is 19.6. The zero-order valence-corrected chi connectivity index (χ0v) is 16.7. The van der Waals surface area contributed by atoms with Gasteiger partial charge in [0.15, 0.2) is 0 Å². The predicted molar refractivity (Wildman–Crippen MR) is 111 cm³/mol. The molecule has 1 saturated carbocycles. The Morgan fingerprint density at radius 1 is 0.562 bits per heavy atom. The first-order valence-corrected chi connectivity index (χ1v) is 10.4. The van der Waals surface area contributed by atoms with Crippen molar-refractivity contribution in [2.45, 2.75) is 0 Å². The standard InChI is InChI=1S/C24H18N2O6/c27-13-5-1-3-11(9-13)25-21(29)17-15-7-8-16(18(17)22(25)30)20-19(15)23(31)26(24(20)32)12-4-2-6-14(28)10-12/h1-10,15-20,27-28H/t15?,16?,17-,18+,19+,20-. The fourth-order valence-corrected chi connectivity index (χ4v) is 6.00. The summed E-state index contributed by atoms with van der Waals surface area (Å²) in [6, 6.07) is 11.8. The van der Waals surface area contributed by atoms with E-state index in [4.69, 9.17) is 0 Å². The van der Waals surface area contributed by atoms with E-state index in [1.165, 1.54) is 24.3 Å². The molecule has 2 aromatic carbocycles. The summed E-state index contributed by atoms with van der Waals surface area (Å²) in [5.41, 5.74) is 0.552. The van der Waals surface area contributed by atoms with E-state index in [9.17, 15) is 29.4 Å². The zero-order valence-electron chi connectivity index (χ0n) is 16.7. The normalized spacial score (nSPS) is 32.6. The van der Waals surface area contributed by atoms with E-state index >= 15 is 0 Å². The molecule has 0 spiro atoms. The van der Waals surface area contributed by atoms with Crippen LogP contribution in [-0.2, 0) is 19.2 Å². The van der Waals surface area contributed by atoms with Crippen LogP contribution in [0.4, 0.5) is 11.4 Å². The van der Waals surface area contributed by atoms with Gasteiger partial charge in [0.05, 0.1) is 35.0 Å². The van der Waals surface area contributed by atoms with Crippen molar-refractivity contribution >= 4 is 35.0 Å². The highest BCUT2D eigenvalue weighted by molar-refractivity contribution is 6.26. The molecule has 2 N–H and O–H groups in total. The molecular weight excluding hydrogens is 412 g/mol. The number of phenols is 2. The number of aromatic hydroxyl groups is 2. The molecule has 8 nitrogen and oxygen atoms in total. The van der Waals surface area contributed by atoms with Crippen molar-refractivity contribution in [3.63, 3.8) is 0 Å². The summed E-state index contributed by atoms with van der Waals surface area (Å²) in [6.07, 6.45) is 3.59. The summed E-state index contributed by atoms with van der Waals surface area (Å²) in [5.74, 6) is -5.89. The van der Waals surface area contributed by atoms with Gasteiger partial charge >= 0.3 is 0 Å². The minimum atomic E-state index is -0.734. The molecule has 2 bridgehead atoms. The van der Waals surface area contributed by atoms with Crippen molar-refractivity contribution in [3.05, 3.63) is 60.7 Å². The molecule has 2 saturated heterocycles. The molecule has 4 amide bonds. The third-order valence-corrected chi connectivity index (χ3v) is 7.19. The Morgan fingerprint density at radius 2 is 0.906 bits per heavy atom. The van der Waals surface area contributed by atoms with Crippen LogP contribution in [0.15, 0.2) is 60.7 Å². The van der Waals surface area contributed by atoms with Gasteiger partial charge in [0.2, 0.25) is 23.6 Å². The molecule has 3 fully saturated rings. The number of nitrogens with zero attached hydrogens (tertiary/aromatic N) is 2. The Bertz CT molecular complexity index is 1110. The second-order valence-corrected chi connectivity index (χ2v) is 8.71. The minimum Gasteiger partial charge on any atom is -0.508 e. The number of phenolic OH excluding ortho intramolecular Hbond substituents is 2. The maximum atomic E-state index is 13.4. The fourth-order valence-electron chi connectivity index (χ4n) is 6.00. The lowest BCUT2D eigenvalue weighted by molar-refractivity contribution is -0.137. The van der Waals surface area contributed by atoms with Crippen molar-refractivity contribution < 1.29 is 29.4 Å². The lowest BCUT2D eigenvalue weighted by atomic mass is 9.54. The van der Waals surface area contributed by atoms with Gasteiger partial charge in [-0.05, 0) is 24.3 Å². The van der Waals surface area contributed by atoms with Crippen LogP contribution in [0.25, 0.3) is 0 Å². The van der Waals surface area contributed by atoms with Crippen LogP contribution in [0.2, 0.25) is 0 Å². The third kappa shape index (κ3) is 2.26. The third-order valence-electron chi connectivity index (χ3n) is 7.19. The number of hydrogen-bond donors (Lipinski definition) is 2. The molecule has 7 rings (SSSR count). The Labute approximate surface area is 182 Å². The maximum Gasteiger partial charge on any atom is 0.238 e. The molecule has 2 aromatic rings. The number of rotatable bonds is 2. The van der Waals surface area contributed by atoms with E-state index < -0.39 is 59.1 Å². The molecule has 2 heterocycles. The largest absolute Gasteiger partial charge is 0.508 e. The summed E-state index contributed by atoms with van der Waals surface area (Å²) >= 11 is 0. The smallest absolute Gasteiger partial charge is 0.238 e. The average Bonchev–Trinajstić information content (AvgIpc) is 3.21. The van der Waals surface area contributed by atoms with Crippen molar-refractivity contribution in [2.24, 2.45) is 35.5 Å². The van der Waals surface area contributed by atoms with Crippen LogP contribution in [0, 0.1) is 35.5 Å². The number of carbonyl (C=O) groups is 4. The van der Waals surface area contributed by atoms with E-state index in [-0.39, 0.29) is 22.9 Å². The summed E-state index contributed by atoms with van der Waals surface area (Å²) in [7, 11) is 0. The molecule has 8 heteroatoms. The highest BCUT2D eigenvalue weighted by Crippen LogP contribution is 2.58. The predicted octanol–water partition coefficient (Wildman–Crippen LogP) is 1.82. The minimum absolute atomic E-state index is 0.0666. The van der Waals surface area contributed by atoms with Gasteiger partial charge in [-0.25, -0.2) is 9.80 Å². The van der Waals surface area contributed by atoms with Crippen molar-refractivity contribution in [1.82, 2.24) is 0 Å². The van der Waals surface area contributed by atoms with Crippen molar-refractivity contribution in [3.8, 4) is 11.5 Å². The molecule has 0 radical (unpaired) electrons. The number of carbonyl (C=O) groups excluding carboxylic acids is 4.